The van der Waals surface area contributed by atoms with Crippen LogP contribution in [0.1, 0.15) is 39.0 Å². The predicted molar refractivity (Wildman–Crippen MR) is 60.0 cm³/mol. The fourth-order valence-corrected chi connectivity index (χ4v) is 3.39. The maximum atomic E-state index is 11.7. The van der Waals surface area contributed by atoms with E-state index in [0.29, 0.717) is 19.3 Å². The molecular weight excluding hydrogens is 228 g/mol. The predicted octanol–water partition coefficient (Wildman–Crippen LogP) is 0.112. The quantitative estimate of drug-likeness (QED) is 0.720. The van der Waals surface area contributed by atoms with Gasteiger partial charge in [-0.3, -0.25) is 9.52 Å². The zero-order valence-corrected chi connectivity index (χ0v) is 10.2. The molecule has 2 aliphatic carbocycles. The lowest BCUT2D eigenvalue weighted by Crippen LogP contribution is -2.47. The SMILES string of the molecule is CCC[C@@H]1C[C@]1(N)C(=O)NS(=O)(=O)C1CC1. The lowest BCUT2D eigenvalue weighted by molar-refractivity contribution is -0.121. The van der Waals surface area contributed by atoms with Crippen LogP contribution in [0.15, 0.2) is 0 Å². The van der Waals surface area contributed by atoms with Gasteiger partial charge in [-0.2, -0.15) is 0 Å². The molecule has 6 heteroatoms. The molecule has 1 amide bonds. The minimum absolute atomic E-state index is 0.145. The van der Waals surface area contributed by atoms with Crippen molar-refractivity contribution in [1.29, 1.82) is 0 Å². The molecule has 2 saturated carbocycles. The van der Waals surface area contributed by atoms with Gasteiger partial charge >= 0.3 is 0 Å². The van der Waals surface area contributed by atoms with Gasteiger partial charge in [-0.1, -0.05) is 13.3 Å². The molecule has 0 heterocycles. The van der Waals surface area contributed by atoms with E-state index in [1.54, 1.807) is 0 Å². The lowest BCUT2D eigenvalue weighted by atomic mass is 10.1. The van der Waals surface area contributed by atoms with E-state index in [2.05, 4.69) is 4.72 Å². The smallest absolute Gasteiger partial charge is 0.253 e. The van der Waals surface area contributed by atoms with Gasteiger partial charge in [0.25, 0.3) is 5.91 Å². The average molecular weight is 246 g/mol. The summed E-state index contributed by atoms with van der Waals surface area (Å²) in [5.74, 6) is -0.371. The van der Waals surface area contributed by atoms with Crippen LogP contribution in [-0.2, 0) is 14.8 Å². The summed E-state index contributed by atoms with van der Waals surface area (Å²) in [5.41, 5.74) is 4.94. The molecule has 0 aliphatic heterocycles. The van der Waals surface area contributed by atoms with Crippen LogP contribution >= 0.6 is 0 Å². The molecule has 0 aromatic heterocycles. The van der Waals surface area contributed by atoms with Crippen LogP contribution in [0.4, 0.5) is 0 Å². The zero-order chi connectivity index (χ0) is 12.0. The van der Waals surface area contributed by atoms with Crippen LogP contribution in [0.25, 0.3) is 0 Å². The van der Waals surface area contributed by atoms with E-state index in [1.165, 1.54) is 0 Å². The Kier molecular flexibility index (Phi) is 2.74. The normalized spacial score (nSPS) is 33.5. The second kappa shape index (κ2) is 3.70. The third kappa shape index (κ3) is 2.08. The molecule has 0 spiro atoms. The highest BCUT2D eigenvalue weighted by molar-refractivity contribution is 7.90. The fraction of sp³-hybridized carbons (Fsp3) is 0.900. The molecule has 5 nitrogen and oxygen atoms in total. The van der Waals surface area contributed by atoms with Gasteiger partial charge in [0.15, 0.2) is 0 Å². The van der Waals surface area contributed by atoms with Gasteiger partial charge in [0, 0.05) is 0 Å². The Morgan fingerprint density at radius 1 is 1.50 bits per heavy atom. The van der Waals surface area contributed by atoms with Gasteiger partial charge in [0.2, 0.25) is 10.0 Å². The molecular formula is C10H18N2O3S. The molecule has 2 aliphatic rings. The largest absolute Gasteiger partial charge is 0.317 e. The number of nitrogens with two attached hydrogens (primary N) is 1. The summed E-state index contributed by atoms with van der Waals surface area (Å²) in [4.78, 5) is 11.7. The Labute approximate surface area is 95.8 Å². The summed E-state index contributed by atoms with van der Waals surface area (Å²) in [6, 6.07) is 0. The molecule has 2 rings (SSSR count). The summed E-state index contributed by atoms with van der Waals surface area (Å²) >= 11 is 0. The summed E-state index contributed by atoms with van der Waals surface area (Å²) in [5, 5.41) is -0.372. The number of nitrogens with one attached hydrogen (secondary N) is 1. The highest BCUT2D eigenvalue weighted by Gasteiger charge is 2.57. The van der Waals surface area contributed by atoms with E-state index in [-0.39, 0.29) is 11.2 Å². The van der Waals surface area contributed by atoms with Crippen molar-refractivity contribution in [3.05, 3.63) is 0 Å². The van der Waals surface area contributed by atoms with Crippen LogP contribution < -0.4 is 10.5 Å². The Morgan fingerprint density at radius 3 is 2.62 bits per heavy atom. The molecule has 92 valence electrons. The Hall–Kier alpha value is -0.620. The first kappa shape index (κ1) is 11.9. The lowest BCUT2D eigenvalue weighted by Gasteiger charge is -2.12. The van der Waals surface area contributed by atoms with Crippen LogP contribution in [0.3, 0.4) is 0 Å². The summed E-state index contributed by atoms with van der Waals surface area (Å²) in [7, 11) is -3.45. The monoisotopic (exact) mass is 246 g/mol. The molecule has 0 saturated heterocycles. The van der Waals surface area contributed by atoms with Crippen LogP contribution in [-0.4, -0.2) is 25.1 Å². The van der Waals surface area contributed by atoms with Crippen molar-refractivity contribution in [3.8, 4) is 0 Å². The van der Waals surface area contributed by atoms with Crippen molar-refractivity contribution in [3.63, 3.8) is 0 Å². The zero-order valence-electron chi connectivity index (χ0n) is 9.40. The molecule has 16 heavy (non-hydrogen) atoms. The molecule has 0 radical (unpaired) electrons. The fourth-order valence-electron chi connectivity index (χ4n) is 2.02. The third-order valence-corrected chi connectivity index (χ3v) is 5.23. The topological polar surface area (TPSA) is 89.3 Å². The van der Waals surface area contributed by atoms with E-state index >= 15 is 0 Å². The summed E-state index contributed by atoms with van der Waals surface area (Å²) < 4.78 is 25.2. The Morgan fingerprint density at radius 2 is 2.12 bits per heavy atom. The third-order valence-electron chi connectivity index (χ3n) is 3.41. The first-order valence-electron chi connectivity index (χ1n) is 5.75. The van der Waals surface area contributed by atoms with E-state index < -0.39 is 21.5 Å². The van der Waals surface area contributed by atoms with Gasteiger partial charge in [0.05, 0.1) is 10.8 Å². The number of rotatable bonds is 5. The summed E-state index contributed by atoms with van der Waals surface area (Å²) in [6.45, 7) is 2.03. The Balaban J connectivity index is 1.94. The van der Waals surface area contributed by atoms with Gasteiger partial charge in [0.1, 0.15) is 0 Å². The average Bonchev–Trinajstić information content (AvgIpc) is 3.01. The van der Waals surface area contributed by atoms with E-state index in [1.807, 2.05) is 6.92 Å². The number of carbonyl (C=O) groups excluding carboxylic acids is 1. The minimum atomic E-state index is -3.45. The van der Waals surface area contributed by atoms with Crippen LogP contribution in [0.5, 0.6) is 0 Å². The van der Waals surface area contributed by atoms with Gasteiger partial charge in [-0.25, -0.2) is 8.42 Å². The number of carbonyl (C=O) groups is 1. The van der Waals surface area contributed by atoms with Crippen molar-refractivity contribution in [1.82, 2.24) is 4.72 Å². The molecule has 0 aromatic rings. The maximum Gasteiger partial charge on any atom is 0.253 e. The number of hydrogen-bond acceptors (Lipinski definition) is 4. The van der Waals surface area contributed by atoms with Crippen molar-refractivity contribution >= 4 is 15.9 Å². The number of amides is 1. The van der Waals surface area contributed by atoms with Crippen molar-refractivity contribution in [2.45, 2.75) is 49.8 Å². The molecule has 0 unspecified atom stereocenters. The minimum Gasteiger partial charge on any atom is -0.317 e. The number of sulfonamides is 1. The second-order valence-corrected chi connectivity index (χ2v) is 6.87. The first-order chi connectivity index (χ1) is 7.40. The highest BCUT2D eigenvalue weighted by Crippen LogP contribution is 2.44. The van der Waals surface area contributed by atoms with E-state index in [9.17, 15) is 13.2 Å². The van der Waals surface area contributed by atoms with Crippen molar-refractivity contribution < 1.29 is 13.2 Å². The van der Waals surface area contributed by atoms with Crippen LogP contribution in [0.2, 0.25) is 0 Å². The molecule has 0 aromatic carbocycles. The van der Waals surface area contributed by atoms with Gasteiger partial charge in [-0.15, -0.1) is 0 Å². The van der Waals surface area contributed by atoms with Crippen molar-refractivity contribution in [2.75, 3.05) is 0 Å². The van der Waals surface area contributed by atoms with Gasteiger partial charge < -0.3 is 5.73 Å². The van der Waals surface area contributed by atoms with E-state index in [4.69, 9.17) is 5.73 Å². The van der Waals surface area contributed by atoms with Crippen molar-refractivity contribution in [2.24, 2.45) is 11.7 Å². The number of hydrogen-bond donors (Lipinski definition) is 2. The molecule has 3 N–H and O–H groups in total. The van der Waals surface area contributed by atoms with Gasteiger partial charge in [-0.05, 0) is 31.6 Å². The summed E-state index contributed by atoms with van der Waals surface area (Å²) in [6.07, 6.45) is 3.75. The molecule has 2 atom stereocenters. The van der Waals surface area contributed by atoms with Crippen LogP contribution in [0, 0.1) is 5.92 Å². The molecule has 2 fully saturated rings. The first-order valence-corrected chi connectivity index (χ1v) is 7.29. The molecule has 0 bridgehead atoms. The van der Waals surface area contributed by atoms with E-state index in [0.717, 1.165) is 12.8 Å². The Bertz CT molecular complexity index is 402. The highest BCUT2D eigenvalue weighted by atomic mass is 32.2. The maximum absolute atomic E-state index is 11.7. The standard InChI is InChI=1S/C10H18N2O3S/c1-2-3-7-6-10(7,11)9(13)12-16(14,15)8-4-5-8/h7-8H,2-6,11H2,1H3,(H,12,13)/t7-,10-/m1/s1. The second-order valence-electron chi connectivity index (χ2n) is 4.91.